The molecule has 0 bridgehead atoms. The van der Waals surface area contributed by atoms with Crippen molar-refractivity contribution in [1.29, 1.82) is 0 Å². The van der Waals surface area contributed by atoms with E-state index in [-0.39, 0.29) is 5.95 Å². The Morgan fingerprint density at radius 2 is 1.73 bits per heavy atom. The van der Waals surface area contributed by atoms with Gasteiger partial charge in [-0.2, -0.15) is 10.1 Å². The largest absolute Gasteiger partial charge is 0.497 e. The van der Waals surface area contributed by atoms with E-state index in [4.69, 9.17) is 32.7 Å². The number of anilines is 4. The Balaban J connectivity index is 1.84. The predicted octanol–water partition coefficient (Wildman–Crippen LogP) is 4.68. The monoisotopic (exact) mass is 391 g/mol. The van der Waals surface area contributed by atoms with E-state index >= 15 is 0 Å². The number of rotatable bonds is 6. The first kappa shape index (κ1) is 18.0. The van der Waals surface area contributed by atoms with Crippen LogP contribution in [0.2, 0.25) is 10.0 Å². The number of benzene rings is 2. The third kappa shape index (κ3) is 4.07. The summed E-state index contributed by atoms with van der Waals surface area (Å²) in [6.07, 6.45) is 1.49. The molecule has 0 aliphatic rings. The molecule has 0 saturated heterocycles. The standard InChI is InChI=1S/C17H15Cl2N5O2/c1-25-10-6-7-13(14(8-10)26-2)21-15-9-20-24-17(22-15)23-16-11(18)4-3-5-12(16)19/h3-9H,1-2H3,(H2,21,22,23,24). The molecule has 9 heteroatoms. The van der Waals surface area contributed by atoms with Gasteiger partial charge in [-0.25, -0.2) is 0 Å². The predicted molar refractivity (Wildman–Crippen MR) is 102 cm³/mol. The van der Waals surface area contributed by atoms with Gasteiger partial charge in [-0.3, -0.25) is 0 Å². The number of ether oxygens (including phenoxy) is 2. The first-order valence-electron chi connectivity index (χ1n) is 7.50. The Labute approximate surface area is 160 Å². The van der Waals surface area contributed by atoms with E-state index in [0.29, 0.717) is 38.7 Å². The van der Waals surface area contributed by atoms with Crippen molar-refractivity contribution in [1.82, 2.24) is 15.2 Å². The molecular weight excluding hydrogens is 377 g/mol. The number of halogens is 2. The number of para-hydroxylation sites is 1. The zero-order valence-corrected chi connectivity index (χ0v) is 15.5. The van der Waals surface area contributed by atoms with Gasteiger partial charge in [0.25, 0.3) is 0 Å². The minimum atomic E-state index is 0.248. The van der Waals surface area contributed by atoms with Crippen molar-refractivity contribution in [3.8, 4) is 11.5 Å². The summed E-state index contributed by atoms with van der Waals surface area (Å²) in [4.78, 5) is 4.36. The average Bonchev–Trinajstić information content (AvgIpc) is 2.65. The molecule has 0 atom stereocenters. The third-order valence-corrected chi connectivity index (χ3v) is 4.06. The smallest absolute Gasteiger partial charge is 0.249 e. The topological polar surface area (TPSA) is 81.2 Å². The van der Waals surface area contributed by atoms with Gasteiger partial charge in [0.15, 0.2) is 5.82 Å². The summed E-state index contributed by atoms with van der Waals surface area (Å²) >= 11 is 12.3. The Kier molecular flexibility index (Phi) is 5.60. The summed E-state index contributed by atoms with van der Waals surface area (Å²) in [5, 5.41) is 14.9. The molecule has 0 amide bonds. The van der Waals surface area contributed by atoms with Crippen molar-refractivity contribution in [2.45, 2.75) is 0 Å². The van der Waals surface area contributed by atoms with Crippen molar-refractivity contribution in [3.05, 3.63) is 52.6 Å². The Hall–Kier alpha value is -2.77. The second kappa shape index (κ2) is 8.07. The molecule has 7 nitrogen and oxygen atoms in total. The molecule has 3 rings (SSSR count). The molecule has 1 aromatic heterocycles. The number of hydrogen-bond acceptors (Lipinski definition) is 7. The van der Waals surface area contributed by atoms with Gasteiger partial charge < -0.3 is 20.1 Å². The summed E-state index contributed by atoms with van der Waals surface area (Å²) < 4.78 is 10.5. The lowest BCUT2D eigenvalue weighted by Crippen LogP contribution is -2.03. The van der Waals surface area contributed by atoms with Crippen LogP contribution in [0.1, 0.15) is 0 Å². The van der Waals surface area contributed by atoms with Crippen LogP contribution in [-0.2, 0) is 0 Å². The maximum absolute atomic E-state index is 6.15. The van der Waals surface area contributed by atoms with Gasteiger partial charge in [-0.1, -0.05) is 29.3 Å². The van der Waals surface area contributed by atoms with Gasteiger partial charge in [-0.15, -0.1) is 5.10 Å². The molecule has 0 aliphatic carbocycles. The zero-order chi connectivity index (χ0) is 18.5. The van der Waals surface area contributed by atoms with Gasteiger partial charge in [-0.05, 0) is 24.3 Å². The summed E-state index contributed by atoms with van der Waals surface area (Å²) in [7, 11) is 3.17. The summed E-state index contributed by atoms with van der Waals surface area (Å²) in [6, 6.07) is 10.6. The second-order valence-electron chi connectivity index (χ2n) is 5.08. The Morgan fingerprint density at radius 3 is 2.42 bits per heavy atom. The van der Waals surface area contributed by atoms with Crippen LogP contribution >= 0.6 is 23.2 Å². The normalized spacial score (nSPS) is 10.3. The number of nitrogens with one attached hydrogen (secondary N) is 2. The highest BCUT2D eigenvalue weighted by atomic mass is 35.5. The van der Waals surface area contributed by atoms with Crippen LogP contribution in [0.15, 0.2) is 42.6 Å². The molecule has 26 heavy (non-hydrogen) atoms. The molecule has 2 N–H and O–H groups in total. The van der Waals surface area contributed by atoms with Crippen molar-refractivity contribution < 1.29 is 9.47 Å². The second-order valence-corrected chi connectivity index (χ2v) is 5.89. The molecule has 0 unspecified atom stereocenters. The van der Waals surface area contributed by atoms with Crippen LogP contribution in [0.25, 0.3) is 0 Å². The van der Waals surface area contributed by atoms with E-state index in [2.05, 4.69) is 25.8 Å². The van der Waals surface area contributed by atoms with E-state index in [9.17, 15) is 0 Å². The molecule has 0 radical (unpaired) electrons. The molecule has 1 heterocycles. The van der Waals surface area contributed by atoms with E-state index in [0.717, 1.165) is 0 Å². The molecule has 0 aliphatic heterocycles. The molecule has 0 saturated carbocycles. The van der Waals surface area contributed by atoms with E-state index in [1.54, 1.807) is 38.5 Å². The van der Waals surface area contributed by atoms with Crippen LogP contribution in [0, 0.1) is 0 Å². The third-order valence-electron chi connectivity index (χ3n) is 3.43. The van der Waals surface area contributed by atoms with Crippen molar-refractivity contribution in [3.63, 3.8) is 0 Å². The maximum Gasteiger partial charge on any atom is 0.249 e. The molecule has 2 aromatic carbocycles. The fourth-order valence-corrected chi connectivity index (χ4v) is 2.68. The lowest BCUT2D eigenvalue weighted by Gasteiger charge is -2.13. The van der Waals surface area contributed by atoms with Crippen LogP contribution < -0.4 is 20.1 Å². The molecule has 134 valence electrons. The minimum absolute atomic E-state index is 0.248. The maximum atomic E-state index is 6.15. The summed E-state index contributed by atoms with van der Waals surface area (Å²) in [5.41, 5.74) is 1.22. The Bertz CT molecular complexity index is 903. The fourth-order valence-electron chi connectivity index (χ4n) is 2.19. The first-order chi connectivity index (χ1) is 12.6. The molecular formula is C17H15Cl2N5O2. The fraction of sp³-hybridized carbons (Fsp3) is 0.118. The van der Waals surface area contributed by atoms with Crippen LogP contribution in [-0.4, -0.2) is 29.4 Å². The van der Waals surface area contributed by atoms with Gasteiger partial charge in [0.2, 0.25) is 5.95 Å². The van der Waals surface area contributed by atoms with Gasteiger partial charge in [0.05, 0.1) is 41.8 Å². The molecule has 0 fully saturated rings. The highest BCUT2D eigenvalue weighted by molar-refractivity contribution is 6.39. The summed E-state index contributed by atoms with van der Waals surface area (Å²) in [6.45, 7) is 0. The quantitative estimate of drug-likeness (QED) is 0.630. The number of hydrogen-bond donors (Lipinski definition) is 2. The van der Waals surface area contributed by atoms with E-state index in [1.165, 1.54) is 6.20 Å². The lowest BCUT2D eigenvalue weighted by molar-refractivity contribution is 0.395. The van der Waals surface area contributed by atoms with Crippen molar-refractivity contribution >= 4 is 46.3 Å². The van der Waals surface area contributed by atoms with Crippen molar-refractivity contribution in [2.75, 3.05) is 24.9 Å². The van der Waals surface area contributed by atoms with Crippen LogP contribution in [0.5, 0.6) is 11.5 Å². The van der Waals surface area contributed by atoms with Gasteiger partial charge in [0, 0.05) is 6.07 Å². The van der Waals surface area contributed by atoms with Crippen molar-refractivity contribution in [2.24, 2.45) is 0 Å². The average molecular weight is 392 g/mol. The van der Waals surface area contributed by atoms with E-state index < -0.39 is 0 Å². The van der Waals surface area contributed by atoms with Crippen LogP contribution in [0.4, 0.5) is 23.1 Å². The van der Waals surface area contributed by atoms with Crippen LogP contribution in [0.3, 0.4) is 0 Å². The van der Waals surface area contributed by atoms with Gasteiger partial charge >= 0.3 is 0 Å². The summed E-state index contributed by atoms with van der Waals surface area (Å²) in [5.74, 6) is 2.00. The van der Waals surface area contributed by atoms with E-state index in [1.807, 2.05) is 12.1 Å². The van der Waals surface area contributed by atoms with Gasteiger partial charge in [0.1, 0.15) is 11.5 Å². The zero-order valence-electron chi connectivity index (χ0n) is 14.0. The minimum Gasteiger partial charge on any atom is -0.497 e. The highest BCUT2D eigenvalue weighted by Gasteiger charge is 2.10. The SMILES string of the molecule is COc1ccc(Nc2cnnc(Nc3c(Cl)cccc3Cl)n2)c(OC)c1. The number of aromatic nitrogens is 3. The lowest BCUT2D eigenvalue weighted by atomic mass is 10.2. The molecule has 3 aromatic rings. The highest BCUT2D eigenvalue weighted by Crippen LogP contribution is 2.33. The number of methoxy groups -OCH3 is 2. The first-order valence-corrected chi connectivity index (χ1v) is 8.26. The number of nitrogens with zero attached hydrogens (tertiary/aromatic N) is 3. The Morgan fingerprint density at radius 1 is 0.962 bits per heavy atom. The molecule has 0 spiro atoms.